The van der Waals surface area contributed by atoms with E-state index in [-0.39, 0.29) is 10.7 Å². The van der Waals surface area contributed by atoms with Crippen molar-refractivity contribution in [3.8, 4) is 0 Å². The van der Waals surface area contributed by atoms with Crippen molar-refractivity contribution in [2.45, 2.75) is 31.6 Å². The van der Waals surface area contributed by atoms with Gasteiger partial charge in [-0.15, -0.1) is 0 Å². The van der Waals surface area contributed by atoms with E-state index < -0.39 is 6.04 Å². The second kappa shape index (κ2) is 4.72. The highest BCUT2D eigenvalue weighted by molar-refractivity contribution is 7.99. The first kappa shape index (κ1) is 11.8. The third-order valence-electron chi connectivity index (χ3n) is 1.65. The standard InChI is InChI=1S/C8H18N2OS/c1-6(9)7(11)10-5-8(2,3)12-4/h6H,5,9H2,1-4H3,(H,10,11). The molecule has 1 amide bonds. The fourth-order valence-electron chi connectivity index (χ4n) is 0.533. The monoisotopic (exact) mass is 190 g/mol. The largest absolute Gasteiger partial charge is 0.353 e. The van der Waals surface area contributed by atoms with Crippen LogP contribution in [0.2, 0.25) is 0 Å². The summed E-state index contributed by atoms with van der Waals surface area (Å²) in [6, 6.07) is -0.414. The first-order valence-corrected chi connectivity index (χ1v) is 5.20. The Labute approximate surface area is 78.5 Å². The first-order valence-electron chi connectivity index (χ1n) is 3.97. The molecule has 0 aliphatic heterocycles. The van der Waals surface area contributed by atoms with Crippen molar-refractivity contribution in [3.63, 3.8) is 0 Å². The molecule has 0 aromatic carbocycles. The Bertz CT molecular complexity index is 157. The quantitative estimate of drug-likeness (QED) is 0.682. The van der Waals surface area contributed by atoms with E-state index in [9.17, 15) is 4.79 Å². The van der Waals surface area contributed by atoms with Crippen molar-refractivity contribution in [3.05, 3.63) is 0 Å². The highest BCUT2D eigenvalue weighted by atomic mass is 32.2. The maximum absolute atomic E-state index is 11.1. The molecule has 72 valence electrons. The molecule has 0 saturated carbocycles. The molecular weight excluding hydrogens is 172 g/mol. The van der Waals surface area contributed by atoms with Crippen molar-refractivity contribution in [1.29, 1.82) is 0 Å². The Balaban J connectivity index is 3.76. The van der Waals surface area contributed by atoms with Crippen molar-refractivity contribution in [2.75, 3.05) is 12.8 Å². The number of carbonyl (C=O) groups excluding carboxylic acids is 1. The molecule has 4 heteroatoms. The molecule has 1 unspecified atom stereocenters. The SMILES string of the molecule is CSC(C)(C)CNC(=O)C(C)N. The van der Waals surface area contributed by atoms with Gasteiger partial charge in [0, 0.05) is 11.3 Å². The normalized spacial score (nSPS) is 14.1. The topological polar surface area (TPSA) is 55.1 Å². The minimum Gasteiger partial charge on any atom is -0.353 e. The Hall–Kier alpha value is -0.220. The van der Waals surface area contributed by atoms with Gasteiger partial charge < -0.3 is 11.1 Å². The summed E-state index contributed by atoms with van der Waals surface area (Å²) in [7, 11) is 0. The minimum absolute atomic E-state index is 0.0860. The highest BCUT2D eigenvalue weighted by Gasteiger charge is 2.17. The molecule has 0 aromatic rings. The number of nitrogens with one attached hydrogen (secondary N) is 1. The van der Waals surface area contributed by atoms with Crippen LogP contribution in [0.3, 0.4) is 0 Å². The summed E-state index contributed by atoms with van der Waals surface area (Å²) in [4.78, 5) is 11.1. The van der Waals surface area contributed by atoms with Gasteiger partial charge in [0.15, 0.2) is 0 Å². The molecule has 0 saturated heterocycles. The van der Waals surface area contributed by atoms with Crippen LogP contribution in [0.5, 0.6) is 0 Å². The Kier molecular flexibility index (Phi) is 4.63. The number of hydrogen-bond acceptors (Lipinski definition) is 3. The average molecular weight is 190 g/mol. The van der Waals surface area contributed by atoms with Crippen LogP contribution in [0.4, 0.5) is 0 Å². The highest BCUT2D eigenvalue weighted by Crippen LogP contribution is 2.19. The summed E-state index contributed by atoms with van der Waals surface area (Å²) in [5.74, 6) is -0.0860. The van der Waals surface area contributed by atoms with E-state index in [0.29, 0.717) is 6.54 Å². The summed E-state index contributed by atoms with van der Waals surface area (Å²) in [5.41, 5.74) is 5.39. The van der Waals surface area contributed by atoms with E-state index in [0.717, 1.165) is 0 Å². The van der Waals surface area contributed by atoms with Crippen molar-refractivity contribution in [2.24, 2.45) is 5.73 Å². The summed E-state index contributed by atoms with van der Waals surface area (Å²) in [6.45, 7) is 6.51. The van der Waals surface area contributed by atoms with Gasteiger partial charge >= 0.3 is 0 Å². The summed E-state index contributed by atoms with van der Waals surface area (Å²) < 4.78 is 0.0878. The van der Waals surface area contributed by atoms with Crippen LogP contribution in [0.15, 0.2) is 0 Å². The zero-order valence-electron chi connectivity index (χ0n) is 8.18. The van der Waals surface area contributed by atoms with Gasteiger partial charge in [-0.25, -0.2) is 0 Å². The molecule has 1 atom stereocenters. The number of thioether (sulfide) groups is 1. The molecule has 0 aliphatic carbocycles. The van der Waals surface area contributed by atoms with Crippen molar-refractivity contribution in [1.82, 2.24) is 5.32 Å². The van der Waals surface area contributed by atoms with Gasteiger partial charge in [0.05, 0.1) is 6.04 Å². The van der Waals surface area contributed by atoms with Gasteiger partial charge in [-0.2, -0.15) is 11.8 Å². The van der Waals surface area contributed by atoms with Gasteiger partial charge in [-0.3, -0.25) is 4.79 Å². The number of nitrogens with two attached hydrogens (primary N) is 1. The van der Waals surface area contributed by atoms with Gasteiger partial charge in [0.25, 0.3) is 0 Å². The summed E-state index contributed by atoms with van der Waals surface area (Å²) >= 11 is 1.73. The first-order chi connectivity index (χ1) is 5.39. The van der Waals surface area contributed by atoms with Gasteiger partial charge in [0.1, 0.15) is 0 Å². The molecule has 0 rings (SSSR count). The van der Waals surface area contributed by atoms with Crippen LogP contribution in [0.1, 0.15) is 20.8 Å². The van der Waals surface area contributed by atoms with Crippen molar-refractivity contribution < 1.29 is 4.79 Å². The van der Waals surface area contributed by atoms with Crippen LogP contribution in [0, 0.1) is 0 Å². The zero-order chi connectivity index (χ0) is 9.78. The van der Waals surface area contributed by atoms with Crippen LogP contribution >= 0.6 is 11.8 Å². The average Bonchev–Trinajstić information content (AvgIpc) is 2.00. The molecule has 3 nitrogen and oxygen atoms in total. The fourth-order valence-corrected chi connectivity index (χ4v) is 0.750. The fraction of sp³-hybridized carbons (Fsp3) is 0.875. The van der Waals surface area contributed by atoms with E-state index in [1.54, 1.807) is 18.7 Å². The number of hydrogen-bond donors (Lipinski definition) is 2. The lowest BCUT2D eigenvalue weighted by Crippen LogP contribution is -2.43. The number of amides is 1. The van der Waals surface area contributed by atoms with Crippen LogP contribution < -0.4 is 11.1 Å². The number of rotatable bonds is 4. The maximum atomic E-state index is 11.1. The Morgan fingerprint density at radius 2 is 2.17 bits per heavy atom. The second-order valence-electron chi connectivity index (χ2n) is 3.47. The molecule has 0 aromatic heterocycles. The van der Waals surface area contributed by atoms with Crippen LogP contribution in [0.25, 0.3) is 0 Å². The number of carbonyl (C=O) groups is 1. The predicted octanol–water partition coefficient (Wildman–Crippen LogP) is 0.591. The van der Waals surface area contributed by atoms with E-state index in [1.807, 2.05) is 6.26 Å². The van der Waals surface area contributed by atoms with Gasteiger partial charge in [-0.1, -0.05) is 0 Å². The van der Waals surface area contributed by atoms with Gasteiger partial charge in [-0.05, 0) is 27.0 Å². The second-order valence-corrected chi connectivity index (χ2v) is 4.98. The smallest absolute Gasteiger partial charge is 0.236 e. The molecule has 12 heavy (non-hydrogen) atoms. The molecular formula is C8H18N2OS. The van der Waals surface area contributed by atoms with E-state index in [1.165, 1.54) is 0 Å². The summed E-state index contributed by atoms with van der Waals surface area (Å²) in [5, 5.41) is 2.79. The molecule has 0 aliphatic rings. The zero-order valence-corrected chi connectivity index (χ0v) is 8.99. The molecule has 0 bridgehead atoms. The lowest BCUT2D eigenvalue weighted by atomic mass is 10.2. The summed E-state index contributed by atoms with van der Waals surface area (Å²) in [6.07, 6.45) is 2.03. The lowest BCUT2D eigenvalue weighted by molar-refractivity contribution is -0.122. The van der Waals surface area contributed by atoms with Crippen LogP contribution in [-0.4, -0.2) is 29.5 Å². The Morgan fingerprint density at radius 3 is 2.50 bits per heavy atom. The van der Waals surface area contributed by atoms with Crippen molar-refractivity contribution >= 4 is 17.7 Å². The Morgan fingerprint density at radius 1 is 1.67 bits per heavy atom. The van der Waals surface area contributed by atoms with Gasteiger partial charge in [0.2, 0.25) is 5.91 Å². The maximum Gasteiger partial charge on any atom is 0.236 e. The third kappa shape index (κ3) is 4.62. The van der Waals surface area contributed by atoms with E-state index in [4.69, 9.17) is 5.73 Å². The molecule has 0 spiro atoms. The molecule has 3 N–H and O–H groups in total. The lowest BCUT2D eigenvalue weighted by Gasteiger charge is -2.22. The molecule has 0 heterocycles. The predicted molar refractivity (Wildman–Crippen MR) is 54.3 cm³/mol. The molecule has 0 radical (unpaired) electrons. The van der Waals surface area contributed by atoms with E-state index in [2.05, 4.69) is 19.2 Å². The minimum atomic E-state index is -0.414. The van der Waals surface area contributed by atoms with E-state index >= 15 is 0 Å². The molecule has 0 fully saturated rings. The third-order valence-corrected chi connectivity index (χ3v) is 2.90. The van der Waals surface area contributed by atoms with Crippen LogP contribution in [-0.2, 0) is 4.79 Å².